The molecule has 7 heteroatoms. The number of ether oxygens (including phenoxy) is 1. The summed E-state index contributed by atoms with van der Waals surface area (Å²) in [5, 5.41) is 20.8. The number of hydrogen-bond donors (Lipinski definition) is 3. The molecule has 0 fully saturated rings. The highest BCUT2D eigenvalue weighted by Crippen LogP contribution is 2.25. The Kier molecular flexibility index (Phi) is 4.38. The van der Waals surface area contributed by atoms with Gasteiger partial charge in [-0.1, -0.05) is 18.2 Å². The summed E-state index contributed by atoms with van der Waals surface area (Å²) in [6.45, 7) is 0. The molecule has 2 aromatic carbocycles. The maximum Gasteiger partial charge on any atom is 0.417 e. The van der Waals surface area contributed by atoms with E-state index in [1.54, 1.807) is 12.1 Å². The van der Waals surface area contributed by atoms with Gasteiger partial charge in [0.05, 0.1) is 11.3 Å². The van der Waals surface area contributed by atoms with E-state index in [2.05, 4.69) is 5.32 Å². The van der Waals surface area contributed by atoms with E-state index in [0.29, 0.717) is 6.29 Å². The summed E-state index contributed by atoms with van der Waals surface area (Å²) < 4.78 is 4.96. The minimum Gasteiger partial charge on any atom is -0.507 e. The van der Waals surface area contributed by atoms with E-state index in [0.717, 1.165) is 0 Å². The van der Waals surface area contributed by atoms with Crippen molar-refractivity contribution in [1.82, 2.24) is 0 Å². The van der Waals surface area contributed by atoms with Crippen molar-refractivity contribution in [2.24, 2.45) is 0 Å². The van der Waals surface area contributed by atoms with Gasteiger partial charge >= 0.3 is 12.1 Å². The summed E-state index contributed by atoms with van der Waals surface area (Å²) >= 11 is 0. The molecule has 0 aliphatic heterocycles. The van der Waals surface area contributed by atoms with Crippen molar-refractivity contribution in [2.45, 2.75) is 0 Å². The first kappa shape index (κ1) is 15.0. The fourth-order valence-electron chi connectivity index (χ4n) is 1.78. The van der Waals surface area contributed by atoms with Crippen LogP contribution in [-0.2, 0) is 0 Å². The molecule has 2 rings (SSSR count). The molecule has 0 aliphatic carbocycles. The number of rotatable bonds is 4. The lowest BCUT2D eigenvalue weighted by atomic mass is 10.1. The van der Waals surface area contributed by atoms with Gasteiger partial charge in [0, 0.05) is 0 Å². The lowest BCUT2D eigenvalue weighted by Gasteiger charge is -2.10. The third-order valence-electron chi connectivity index (χ3n) is 2.74. The van der Waals surface area contributed by atoms with E-state index < -0.39 is 23.4 Å². The third kappa shape index (κ3) is 3.21. The summed E-state index contributed by atoms with van der Waals surface area (Å²) in [5.41, 5.74) is -0.406. The van der Waals surface area contributed by atoms with Crippen LogP contribution in [0.25, 0.3) is 0 Å². The number of carbonyl (C=O) groups excluding carboxylic acids is 2. The molecule has 7 nitrogen and oxygen atoms in total. The van der Waals surface area contributed by atoms with Crippen molar-refractivity contribution in [1.29, 1.82) is 0 Å². The zero-order chi connectivity index (χ0) is 16.1. The first-order chi connectivity index (χ1) is 10.5. The highest BCUT2D eigenvalue weighted by atomic mass is 16.6. The number of aromatic hydroxyl groups is 1. The second-order valence-electron chi connectivity index (χ2n) is 4.18. The number of amides is 1. The highest BCUT2D eigenvalue weighted by Gasteiger charge is 2.18. The number of carbonyl (C=O) groups is 3. The number of benzene rings is 2. The summed E-state index contributed by atoms with van der Waals surface area (Å²) in [5.74, 6) is -1.85. The summed E-state index contributed by atoms with van der Waals surface area (Å²) in [6.07, 6.45) is -0.456. The van der Waals surface area contributed by atoms with E-state index >= 15 is 0 Å². The van der Waals surface area contributed by atoms with Crippen LogP contribution in [0.15, 0.2) is 42.5 Å². The zero-order valence-electron chi connectivity index (χ0n) is 11.1. The van der Waals surface area contributed by atoms with Crippen molar-refractivity contribution in [3.63, 3.8) is 0 Å². The molecule has 0 spiro atoms. The lowest BCUT2D eigenvalue weighted by Crippen LogP contribution is -2.19. The normalized spacial score (nSPS) is 9.82. The van der Waals surface area contributed by atoms with E-state index in [4.69, 9.17) is 9.84 Å². The van der Waals surface area contributed by atoms with Crippen LogP contribution in [0.5, 0.6) is 11.5 Å². The average molecular weight is 301 g/mol. The molecule has 0 radical (unpaired) electrons. The van der Waals surface area contributed by atoms with Crippen LogP contribution in [0.4, 0.5) is 10.5 Å². The quantitative estimate of drug-likeness (QED) is 0.748. The number of anilines is 1. The average Bonchev–Trinajstić information content (AvgIpc) is 2.47. The summed E-state index contributed by atoms with van der Waals surface area (Å²) in [6, 6.07) is 9.92. The Morgan fingerprint density at radius 2 is 1.82 bits per heavy atom. The lowest BCUT2D eigenvalue weighted by molar-refractivity contribution is 0.0694. The molecular formula is C15H11NO6. The van der Waals surface area contributed by atoms with Crippen LogP contribution in [0.1, 0.15) is 20.7 Å². The van der Waals surface area contributed by atoms with Crippen LogP contribution < -0.4 is 10.1 Å². The molecule has 0 aliphatic rings. The Morgan fingerprint density at radius 3 is 2.50 bits per heavy atom. The minimum atomic E-state index is -1.40. The standard InChI is InChI=1S/C15H11NO6/c17-8-9-4-1-2-7-12(9)22-15(21)16-10-5-3-6-11(18)13(10)14(19)20/h1-8,18H,(H,16,21)(H,19,20). The molecular weight excluding hydrogens is 290 g/mol. The Labute approximate surface area is 124 Å². The molecule has 112 valence electrons. The number of aldehydes is 1. The van der Waals surface area contributed by atoms with Gasteiger partial charge in [0.15, 0.2) is 6.29 Å². The molecule has 0 saturated carbocycles. The van der Waals surface area contributed by atoms with Gasteiger partial charge in [-0.05, 0) is 24.3 Å². The summed E-state index contributed by atoms with van der Waals surface area (Å²) in [4.78, 5) is 33.7. The van der Waals surface area contributed by atoms with Crippen molar-refractivity contribution in [2.75, 3.05) is 5.32 Å². The van der Waals surface area contributed by atoms with Crippen LogP contribution in [0.2, 0.25) is 0 Å². The number of hydrogen-bond acceptors (Lipinski definition) is 5. The second kappa shape index (κ2) is 6.40. The largest absolute Gasteiger partial charge is 0.507 e. The SMILES string of the molecule is O=Cc1ccccc1OC(=O)Nc1cccc(O)c1C(=O)O. The predicted octanol–water partition coefficient (Wildman–Crippen LogP) is 2.51. The fourth-order valence-corrected chi connectivity index (χ4v) is 1.78. The molecule has 0 unspecified atom stereocenters. The summed E-state index contributed by atoms with van der Waals surface area (Å²) in [7, 11) is 0. The van der Waals surface area contributed by atoms with Crippen LogP contribution in [0, 0.1) is 0 Å². The van der Waals surface area contributed by atoms with Crippen molar-refractivity contribution in [3.05, 3.63) is 53.6 Å². The molecule has 0 bridgehead atoms. The minimum absolute atomic E-state index is 0.0343. The van der Waals surface area contributed by atoms with E-state index in [-0.39, 0.29) is 17.0 Å². The van der Waals surface area contributed by atoms with E-state index in [1.807, 2.05) is 0 Å². The molecule has 1 amide bonds. The number of phenols is 1. The van der Waals surface area contributed by atoms with Gasteiger partial charge in [0.2, 0.25) is 0 Å². The van der Waals surface area contributed by atoms with Gasteiger partial charge in [-0.15, -0.1) is 0 Å². The Balaban J connectivity index is 2.21. The van der Waals surface area contributed by atoms with E-state index in [1.165, 1.54) is 30.3 Å². The Bertz CT molecular complexity index is 741. The van der Waals surface area contributed by atoms with Crippen molar-refractivity contribution >= 4 is 24.0 Å². The second-order valence-corrected chi connectivity index (χ2v) is 4.18. The van der Waals surface area contributed by atoms with Crippen LogP contribution in [0.3, 0.4) is 0 Å². The molecule has 22 heavy (non-hydrogen) atoms. The molecule has 0 heterocycles. The topological polar surface area (TPSA) is 113 Å². The highest BCUT2D eigenvalue weighted by molar-refractivity contribution is 6.01. The van der Waals surface area contributed by atoms with Crippen molar-refractivity contribution in [3.8, 4) is 11.5 Å². The third-order valence-corrected chi connectivity index (χ3v) is 2.74. The first-order valence-corrected chi connectivity index (χ1v) is 6.11. The van der Waals surface area contributed by atoms with Crippen molar-refractivity contribution < 1.29 is 29.3 Å². The van der Waals surface area contributed by atoms with Gasteiger partial charge in [-0.2, -0.15) is 0 Å². The molecule has 3 N–H and O–H groups in total. The van der Waals surface area contributed by atoms with E-state index in [9.17, 15) is 19.5 Å². The smallest absolute Gasteiger partial charge is 0.417 e. The Hall–Kier alpha value is -3.35. The molecule has 0 saturated heterocycles. The maximum absolute atomic E-state index is 11.8. The van der Waals surface area contributed by atoms with Gasteiger partial charge in [-0.25, -0.2) is 9.59 Å². The number of nitrogens with one attached hydrogen (secondary N) is 1. The number of aromatic carboxylic acids is 1. The Morgan fingerprint density at radius 1 is 1.09 bits per heavy atom. The van der Waals surface area contributed by atoms with Crippen LogP contribution in [-0.4, -0.2) is 28.6 Å². The van der Waals surface area contributed by atoms with Crippen LogP contribution >= 0.6 is 0 Å². The van der Waals surface area contributed by atoms with Gasteiger partial charge < -0.3 is 14.9 Å². The number of carboxylic acid groups (broad SMARTS) is 1. The predicted molar refractivity (Wildman–Crippen MR) is 76.5 cm³/mol. The molecule has 0 atom stereocenters. The molecule has 0 aromatic heterocycles. The zero-order valence-corrected chi connectivity index (χ0v) is 11.1. The number of para-hydroxylation sites is 1. The fraction of sp³-hybridized carbons (Fsp3) is 0. The van der Waals surface area contributed by atoms with Gasteiger partial charge in [0.1, 0.15) is 17.1 Å². The van der Waals surface area contributed by atoms with Gasteiger partial charge in [-0.3, -0.25) is 10.1 Å². The first-order valence-electron chi connectivity index (χ1n) is 6.11. The molecule has 2 aromatic rings. The van der Waals surface area contributed by atoms with Gasteiger partial charge in [0.25, 0.3) is 0 Å². The number of carboxylic acids is 1. The maximum atomic E-state index is 11.8. The monoisotopic (exact) mass is 301 g/mol.